The quantitative estimate of drug-likeness (QED) is 0.682. The molecule has 1 saturated heterocycles. The third-order valence-electron chi connectivity index (χ3n) is 6.15. The van der Waals surface area contributed by atoms with Gasteiger partial charge in [-0.2, -0.15) is 0 Å². The zero-order valence-electron chi connectivity index (χ0n) is 18.4. The van der Waals surface area contributed by atoms with Crippen molar-refractivity contribution in [1.82, 2.24) is 25.1 Å². The number of carbonyl (C=O) groups is 1. The molecule has 178 valence electrons. The first kappa shape index (κ1) is 23.6. The molecule has 2 aliphatic rings. The second kappa shape index (κ2) is 9.72. The van der Waals surface area contributed by atoms with Crippen LogP contribution in [0.4, 0.5) is 23.9 Å². The molecule has 2 amide bonds. The van der Waals surface area contributed by atoms with Gasteiger partial charge in [0.2, 0.25) is 5.95 Å². The van der Waals surface area contributed by atoms with E-state index in [0.717, 1.165) is 11.1 Å². The Morgan fingerprint density at radius 3 is 2.82 bits per heavy atom. The van der Waals surface area contributed by atoms with Gasteiger partial charge < -0.3 is 20.4 Å². The maximum absolute atomic E-state index is 14.0. The molecule has 2 aromatic rings. The highest BCUT2D eigenvalue weighted by Gasteiger charge is 2.35. The number of nitrogens with zero attached hydrogens (tertiary/aromatic N) is 4. The fourth-order valence-corrected chi connectivity index (χ4v) is 4.41. The summed E-state index contributed by atoms with van der Waals surface area (Å²) in [5.74, 6) is -0.436. The van der Waals surface area contributed by atoms with Gasteiger partial charge in [-0.3, -0.25) is 0 Å². The van der Waals surface area contributed by atoms with Gasteiger partial charge in [0.25, 0.3) is 6.43 Å². The minimum absolute atomic E-state index is 0.0662. The van der Waals surface area contributed by atoms with Crippen LogP contribution >= 0.6 is 11.6 Å². The number of alkyl halides is 2. The van der Waals surface area contributed by atoms with Crippen molar-refractivity contribution in [2.75, 3.05) is 32.0 Å². The summed E-state index contributed by atoms with van der Waals surface area (Å²) in [7, 11) is 1.95. The molecule has 1 aromatic heterocycles. The number of likely N-dealkylation sites (tertiary alicyclic amines) is 1. The van der Waals surface area contributed by atoms with Crippen molar-refractivity contribution in [3.63, 3.8) is 0 Å². The van der Waals surface area contributed by atoms with Gasteiger partial charge >= 0.3 is 6.03 Å². The molecule has 0 saturated carbocycles. The van der Waals surface area contributed by atoms with E-state index in [1.54, 1.807) is 17.2 Å². The van der Waals surface area contributed by atoms with Gasteiger partial charge in [0.15, 0.2) is 0 Å². The zero-order valence-corrected chi connectivity index (χ0v) is 19.1. The Morgan fingerprint density at radius 1 is 1.30 bits per heavy atom. The van der Waals surface area contributed by atoms with Crippen molar-refractivity contribution in [3.05, 3.63) is 52.1 Å². The molecule has 33 heavy (non-hydrogen) atoms. The Morgan fingerprint density at radius 2 is 2.09 bits per heavy atom. The van der Waals surface area contributed by atoms with Crippen LogP contribution < -0.4 is 10.6 Å². The Bertz CT molecular complexity index is 1030. The molecule has 1 fully saturated rings. The van der Waals surface area contributed by atoms with Gasteiger partial charge in [0.05, 0.1) is 29.3 Å². The molecule has 2 N–H and O–H groups in total. The molecule has 2 aliphatic heterocycles. The Balaban J connectivity index is 1.44. The predicted octanol–water partition coefficient (Wildman–Crippen LogP) is 3.50. The molecule has 0 radical (unpaired) electrons. The number of fused-ring (bicyclic) bond motifs is 1. The van der Waals surface area contributed by atoms with E-state index in [1.165, 1.54) is 19.1 Å². The molecule has 11 heteroatoms. The number of hydrogen-bond donors (Lipinski definition) is 2. The Kier molecular flexibility index (Phi) is 6.94. The van der Waals surface area contributed by atoms with Crippen molar-refractivity contribution < 1.29 is 18.0 Å². The number of nitrogens with one attached hydrogen (secondary N) is 2. The molecular formula is C22H26ClF3N6O. The number of aromatic nitrogens is 2. The molecule has 1 aromatic carbocycles. The van der Waals surface area contributed by atoms with Crippen molar-refractivity contribution >= 4 is 23.6 Å². The number of carbonyl (C=O) groups excluding carboxylic acids is 1. The number of amides is 2. The van der Waals surface area contributed by atoms with E-state index in [1.807, 2.05) is 7.05 Å². The first-order chi connectivity index (χ1) is 15.7. The Labute approximate surface area is 195 Å². The van der Waals surface area contributed by atoms with Gasteiger partial charge in [-0.15, -0.1) is 0 Å². The highest BCUT2D eigenvalue weighted by Crippen LogP contribution is 2.29. The summed E-state index contributed by atoms with van der Waals surface area (Å²) in [6.07, 6.45) is -0.350. The fourth-order valence-electron chi connectivity index (χ4n) is 4.29. The van der Waals surface area contributed by atoms with E-state index in [9.17, 15) is 18.0 Å². The lowest BCUT2D eigenvalue weighted by Gasteiger charge is -2.30. The van der Waals surface area contributed by atoms with Crippen LogP contribution in [0.2, 0.25) is 5.02 Å². The van der Waals surface area contributed by atoms with E-state index in [4.69, 9.17) is 11.6 Å². The molecule has 0 bridgehead atoms. The number of halogens is 4. The monoisotopic (exact) mass is 482 g/mol. The van der Waals surface area contributed by atoms with Gasteiger partial charge in [0, 0.05) is 31.7 Å². The van der Waals surface area contributed by atoms with Crippen molar-refractivity contribution in [3.8, 4) is 0 Å². The van der Waals surface area contributed by atoms with Crippen LogP contribution in [0.5, 0.6) is 0 Å². The number of rotatable bonds is 5. The summed E-state index contributed by atoms with van der Waals surface area (Å²) in [6.45, 7) is 3.41. The third kappa shape index (κ3) is 5.33. The summed E-state index contributed by atoms with van der Waals surface area (Å²) in [5, 5.41) is 5.75. The van der Waals surface area contributed by atoms with Crippen LogP contribution in [-0.2, 0) is 13.0 Å². The second-order valence-electron chi connectivity index (χ2n) is 8.66. The van der Waals surface area contributed by atoms with Crippen LogP contribution in [0.1, 0.15) is 29.7 Å². The number of hydrogen-bond acceptors (Lipinski definition) is 5. The zero-order chi connectivity index (χ0) is 23.7. The van der Waals surface area contributed by atoms with E-state index in [2.05, 4.69) is 25.5 Å². The SMILES string of the molecule is CC(Nc1ncc2c(n1)CN(C(=O)NC1CN(C)CC1c1ccc(Cl)c(F)c1)CC2)C(F)F. The number of benzene rings is 1. The summed E-state index contributed by atoms with van der Waals surface area (Å²) in [4.78, 5) is 25.3. The number of anilines is 1. The fraction of sp³-hybridized carbons (Fsp3) is 0.500. The first-order valence-corrected chi connectivity index (χ1v) is 11.2. The van der Waals surface area contributed by atoms with E-state index >= 15 is 0 Å². The molecule has 7 nitrogen and oxygen atoms in total. The average molecular weight is 483 g/mol. The highest BCUT2D eigenvalue weighted by molar-refractivity contribution is 6.30. The molecular weight excluding hydrogens is 457 g/mol. The molecule has 0 aliphatic carbocycles. The van der Waals surface area contributed by atoms with Gasteiger partial charge in [-0.05, 0) is 43.7 Å². The molecule has 3 heterocycles. The Hall–Kier alpha value is -2.59. The van der Waals surface area contributed by atoms with Crippen LogP contribution in [0, 0.1) is 5.82 Å². The van der Waals surface area contributed by atoms with E-state index < -0.39 is 18.3 Å². The summed E-state index contributed by atoms with van der Waals surface area (Å²) < 4.78 is 39.7. The van der Waals surface area contributed by atoms with E-state index in [0.29, 0.717) is 31.7 Å². The summed E-state index contributed by atoms with van der Waals surface area (Å²) in [6, 6.07) is 3.23. The third-order valence-corrected chi connectivity index (χ3v) is 6.46. The maximum atomic E-state index is 14.0. The van der Waals surface area contributed by atoms with Crippen LogP contribution in [0.15, 0.2) is 24.4 Å². The van der Waals surface area contributed by atoms with Crippen molar-refractivity contribution in [2.24, 2.45) is 0 Å². The normalized spacial score (nSPS) is 21.7. The number of likely N-dealkylation sites (N-methyl/N-ethyl adjacent to an activating group) is 1. The van der Waals surface area contributed by atoms with E-state index in [-0.39, 0.29) is 35.5 Å². The highest BCUT2D eigenvalue weighted by atomic mass is 35.5. The minimum Gasteiger partial charge on any atom is -0.346 e. The topological polar surface area (TPSA) is 73.4 Å². The lowest BCUT2D eigenvalue weighted by molar-refractivity contribution is 0.130. The number of urea groups is 1. The van der Waals surface area contributed by atoms with Crippen molar-refractivity contribution in [1.29, 1.82) is 0 Å². The largest absolute Gasteiger partial charge is 0.346 e. The lowest BCUT2D eigenvalue weighted by atomic mass is 9.94. The van der Waals surface area contributed by atoms with Crippen LogP contribution in [0.3, 0.4) is 0 Å². The summed E-state index contributed by atoms with van der Waals surface area (Å²) >= 11 is 5.82. The second-order valence-corrected chi connectivity index (χ2v) is 9.07. The molecule has 3 unspecified atom stereocenters. The van der Waals surface area contributed by atoms with Crippen LogP contribution in [-0.4, -0.2) is 71.0 Å². The van der Waals surface area contributed by atoms with Gasteiger partial charge in [-0.1, -0.05) is 17.7 Å². The standard InChI is InChI=1S/C22H26ClF3N6O/c1-12(20(25)26)28-21-27-8-14-5-6-32(11-18(14)29-21)22(33)30-19-10-31(2)9-15(19)13-3-4-16(23)17(24)7-13/h3-4,7-8,12,15,19-20H,5-6,9-11H2,1-2H3,(H,30,33)(H,27,28,29). The lowest BCUT2D eigenvalue weighted by Crippen LogP contribution is -2.49. The average Bonchev–Trinajstić information content (AvgIpc) is 3.14. The van der Waals surface area contributed by atoms with Gasteiger partial charge in [0.1, 0.15) is 5.82 Å². The molecule has 3 atom stereocenters. The van der Waals surface area contributed by atoms with Crippen LogP contribution in [0.25, 0.3) is 0 Å². The molecule has 0 spiro atoms. The molecule has 4 rings (SSSR count). The summed E-state index contributed by atoms with van der Waals surface area (Å²) in [5.41, 5.74) is 2.31. The van der Waals surface area contributed by atoms with Gasteiger partial charge in [-0.25, -0.2) is 27.9 Å². The van der Waals surface area contributed by atoms with Crippen molar-refractivity contribution in [2.45, 2.75) is 44.3 Å². The maximum Gasteiger partial charge on any atom is 0.318 e. The smallest absolute Gasteiger partial charge is 0.318 e. The first-order valence-electron chi connectivity index (χ1n) is 10.8. The predicted molar refractivity (Wildman–Crippen MR) is 119 cm³/mol. The minimum atomic E-state index is -2.54.